The number of fused-ring (bicyclic) bond motifs is 1. The molecule has 0 bridgehead atoms. The van der Waals surface area contributed by atoms with Crippen LogP contribution >= 0.6 is 23.4 Å². The summed E-state index contributed by atoms with van der Waals surface area (Å²) in [7, 11) is 0. The summed E-state index contributed by atoms with van der Waals surface area (Å²) in [6.07, 6.45) is 0.101. The maximum atomic E-state index is 12.3. The number of carbonyl (C=O) groups is 1. The molecule has 0 radical (unpaired) electrons. The molecule has 3 rings (SSSR count). The number of anilines is 1. The number of hydrogen-bond donors (Lipinski definition) is 1. The Morgan fingerprint density at radius 2 is 1.92 bits per heavy atom. The lowest BCUT2D eigenvalue weighted by atomic mass is 10.1. The van der Waals surface area contributed by atoms with E-state index in [1.54, 1.807) is 24.3 Å². The summed E-state index contributed by atoms with van der Waals surface area (Å²) in [5, 5.41) is 3.12. The molecule has 1 aliphatic heterocycles. The second kappa shape index (κ2) is 7.93. The SMILES string of the molecule is O=C(Cc1cc(Cl)c2c(c1)OCCO2)Nc1ccc(SC(F)F)cc1. The molecule has 25 heavy (non-hydrogen) atoms. The van der Waals surface area contributed by atoms with Crippen molar-refractivity contribution in [3.8, 4) is 11.5 Å². The van der Waals surface area contributed by atoms with Gasteiger partial charge in [-0.05, 0) is 42.0 Å². The fourth-order valence-electron chi connectivity index (χ4n) is 2.38. The lowest BCUT2D eigenvalue weighted by molar-refractivity contribution is -0.115. The molecule has 1 aliphatic rings. The predicted octanol–water partition coefficient (Wildman–Crippen LogP) is 4.61. The smallest absolute Gasteiger partial charge is 0.288 e. The van der Waals surface area contributed by atoms with Crippen molar-refractivity contribution in [2.45, 2.75) is 17.1 Å². The van der Waals surface area contributed by atoms with E-state index in [0.717, 1.165) is 0 Å². The van der Waals surface area contributed by atoms with E-state index in [4.69, 9.17) is 21.1 Å². The summed E-state index contributed by atoms with van der Waals surface area (Å²) in [6.45, 7) is 0.869. The third-order valence-electron chi connectivity index (χ3n) is 3.38. The molecule has 0 saturated heterocycles. The second-order valence-corrected chi connectivity index (χ2v) is 6.70. The van der Waals surface area contributed by atoms with Crippen molar-refractivity contribution in [3.05, 3.63) is 47.0 Å². The molecule has 8 heteroatoms. The Morgan fingerprint density at radius 1 is 1.20 bits per heavy atom. The fraction of sp³-hybridized carbons (Fsp3) is 0.235. The highest BCUT2D eigenvalue weighted by molar-refractivity contribution is 7.99. The molecule has 0 aromatic heterocycles. The maximum Gasteiger partial charge on any atom is 0.288 e. The van der Waals surface area contributed by atoms with Gasteiger partial charge in [-0.3, -0.25) is 4.79 Å². The van der Waals surface area contributed by atoms with E-state index in [1.807, 2.05) is 0 Å². The monoisotopic (exact) mass is 385 g/mol. The van der Waals surface area contributed by atoms with Crippen LogP contribution in [0.3, 0.4) is 0 Å². The normalized spacial score (nSPS) is 13.0. The van der Waals surface area contributed by atoms with Crippen molar-refractivity contribution in [1.82, 2.24) is 0 Å². The van der Waals surface area contributed by atoms with Gasteiger partial charge in [0.15, 0.2) is 11.5 Å². The molecule has 4 nitrogen and oxygen atoms in total. The van der Waals surface area contributed by atoms with Crippen LogP contribution < -0.4 is 14.8 Å². The Balaban J connectivity index is 1.63. The molecule has 0 spiro atoms. The van der Waals surface area contributed by atoms with E-state index < -0.39 is 5.76 Å². The predicted molar refractivity (Wildman–Crippen MR) is 93.1 cm³/mol. The summed E-state index contributed by atoms with van der Waals surface area (Å²) in [4.78, 5) is 12.6. The lowest BCUT2D eigenvalue weighted by Crippen LogP contribution is -2.17. The zero-order chi connectivity index (χ0) is 17.8. The molecule has 1 N–H and O–H groups in total. The van der Waals surface area contributed by atoms with Crippen LogP contribution in [-0.4, -0.2) is 24.9 Å². The molecular formula is C17H14ClF2NO3S. The number of alkyl halides is 2. The van der Waals surface area contributed by atoms with Crippen LogP contribution in [-0.2, 0) is 11.2 Å². The maximum absolute atomic E-state index is 12.3. The Morgan fingerprint density at radius 3 is 2.64 bits per heavy atom. The van der Waals surface area contributed by atoms with Gasteiger partial charge >= 0.3 is 0 Å². The van der Waals surface area contributed by atoms with E-state index >= 15 is 0 Å². The van der Waals surface area contributed by atoms with E-state index in [1.165, 1.54) is 12.1 Å². The molecule has 0 unspecified atom stereocenters. The van der Waals surface area contributed by atoms with E-state index in [0.29, 0.717) is 57.6 Å². The van der Waals surface area contributed by atoms with Crippen LogP contribution in [0.5, 0.6) is 11.5 Å². The number of amides is 1. The van der Waals surface area contributed by atoms with Gasteiger partial charge in [-0.25, -0.2) is 0 Å². The summed E-state index contributed by atoms with van der Waals surface area (Å²) < 4.78 is 35.5. The molecule has 1 amide bonds. The highest BCUT2D eigenvalue weighted by Gasteiger charge is 2.17. The van der Waals surface area contributed by atoms with Crippen LogP contribution in [0.25, 0.3) is 0 Å². The standard InChI is InChI=1S/C17H14ClF2NO3S/c18-13-7-10(8-14-16(13)24-6-5-23-14)9-15(22)21-11-1-3-12(4-2-11)25-17(19)20/h1-4,7-8,17H,5-6,9H2,(H,21,22). The van der Waals surface area contributed by atoms with Crippen LogP contribution in [0.1, 0.15) is 5.56 Å². The van der Waals surface area contributed by atoms with Gasteiger partial charge in [-0.1, -0.05) is 23.4 Å². The summed E-state index contributed by atoms with van der Waals surface area (Å²) in [5.41, 5.74) is 1.23. The zero-order valence-corrected chi connectivity index (χ0v) is 14.5. The third-order valence-corrected chi connectivity index (χ3v) is 4.39. The van der Waals surface area contributed by atoms with Crippen molar-refractivity contribution in [2.24, 2.45) is 0 Å². The molecule has 0 atom stereocenters. The third kappa shape index (κ3) is 4.76. The van der Waals surface area contributed by atoms with Crippen LogP contribution in [0, 0.1) is 0 Å². The highest BCUT2D eigenvalue weighted by atomic mass is 35.5. The van der Waals surface area contributed by atoms with Crippen LogP contribution in [0.15, 0.2) is 41.3 Å². The van der Waals surface area contributed by atoms with Gasteiger partial charge < -0.3 is 14.8 Å². The van der Waals surface area contributed by atoms with Gasteiger partial charge in [0.1, 0.15) is 13.2 Å². The average molecular weight is 386 g/mol. The highest BCUT2D eigenvalue weighted by Crippen LogP contribution is 2.38. The second-order valence-electron chi connectivity index (χ2n) is 5.23. The van der Waals surface area contributed by atoms with Crippen molar-refractivity contribution in [3.63, 3.8) is 0 Å². The van der Waals surface area contributed by atoms with E-state index in [2.05, 4.69) is 5.32 Å². The summed E-state index contributed by atoms with van der Waals surface area (Å²) in [6, 6.07) is 9.62. The minimum absolute atomic E-state index is 0.101. The van der Waals surface area contributed by atoms with Gasteiger partial charge in [-0.2, -0.15) is 8.78 Å². The molecule has 2 aromatic carbocycles. The van der Waals surface area contributed by atoms with Crippen molar-refractivity contribution in [1.29, 1.82) is 0 Å². The van der Waals surface area contributed by atoms with Crippen molar-refractivity contribution >= 4 is 35.0 Å². The number of hydrogen-bond acceptors (Lipinski definition) is 4. The minimum Gasteiger partial charge on any atom is -0.486 e. The lowest BCUT2D eigenvalue weighted by Gasteiger charge is -2.20. The minimum atomic E-state index is -2.47. The molecule has 0 saturated carbocycles. The van der Waals surface area contributed by atoms with Gasteiger partial charge in [0.2, 0.25) is 5.91 Å². The number of nitrogens with one attached hydrogen (secondary N) is 1. The topological polar surface area (TPSA) is 47.6 Å². The quantitative estimate of drug-likeness (QED) is 0.764. The van der Waals surface area contributed by atoms with Gasteiger partial charge in [0.05, 0.1) is 11.4 Å². The molecule has 132 valence electrons. The van der Waals surface area contributed by atoms with E-state index in [9.17, 15) is 13.6 Å². The van der Waals surface area contributed by atoms with E-state index in [-0.39, 0.29) is 12.3 Å². The first-order valence-corrected chi connectivity index (χ1v) is 8.70. The average Bonchev–Trinajstić information content (AvgIpc) is 2.56. The summed E-state index contributed by atoms with van der Waals surface area (Å²) >= 11 is 6.61. The van der Waals surface area contributed by atoms with Gasteiger partial charge in [0, 0.05) is 10.6 Å². The molecule has 0 fully saturated rings. The number of rotatable bonds is 5. The van der Waals surface area contributed by atoms with Crippen LogP contribution in [0.2, 0.25) is 5.02 Å². The Hall–Kier alpha value is -1.99. The number of benzene rings is 2. The first-order valence-electron chi connectivity index (χ1n) is 7.44. The first-order chi connectivity index (χ1) is 12.0. The molecule has 0 aliphatic carbocycles. The first kappa shape index (κ1) is 17.8. The van der Waals surface area contributed by atoms with Gasteiger partial charge in [-0.15, -0.1) is 0 Å². The Kier molecular flexibility index (Phi) is 5.65. The molecule has 2 aromatic rings. The Bertz CT molecular complexity index is 771. The number of thioether (sulfide) groups is 1. The molecular weight excluding hydrogens is 372 g/mol. The summed E-state index contributed by atoms with van der Waals surface area (Å²) in [5.74, 6) is -1.71. The fourth-order valence-corrected chi connectivity index (χ4v) is 3.16. The zero-order valence-electron chi connectivity index (χ0n) is 12.9. The van der Waals surface area contributed by atoms with Crippen LogP contribution in [0.4, 0.5) is 14.5 Å². The number of carbonyl (C=O) groups excluding carboxylic acids is 1. The Labute approximate surface area is 152 Å². The van der Waals surface area contributed by atoms with Crippen molar-refractivity contribution in [2.75, 3.05) is 18.5 Å². The number of halogens is 3. The van der Waals surface area contributed by atoms with Crippen molar-refractivity contribution < 1.29 is 23.0 Å². The molecule has 1 heterocycles. The largest absolute Gasteiger partial charge is 0.486 e. The number of ether oxygens (including phenoxy) is 2. The van der Waals surface area contributed by atoms with Gasteiger partial charge in [0.25, 0.3) is 5.76 Å².